The van der Waals surface area contributed by atoms with E-state index in [1.807, 2.05) is 16.9 Å². The molecular formula is C17H19N3S. The molecule has 2 aromatic heterocycles. The molecule has 4 heteroatoms. The van der Waals surface area contributed by atoms with Crippen LogP contribution in [0.2, 0.25) is 0 Å². The Balaban J connectivity index is 1.43. The van der Waals surface area contributed by atoms with Crippen molar-refractivity contribution in [3.63, 3.8) is 0 Å². The van der Waals surface area contributed by atoms with E-state index in [2.05, 4.69) is 57.7 Å². The Hall–Kier alpha value is -1.91. The number of hydrogen-bond acceptors (Lipinski definition) is 3. The van der Waals surface area contributed by atoms with Crippen LogP contribution in [0.15, 0.2) is 59.6 Å². The third-order valence-corrected chi connectivity index (χ3v) is 4.16. The average Bonchev–Trinajstić information content (AvgIpc) is 3.19. The van der Waals surface area contributed by atoms with Crippen molar-refractivity contribution in [3.8, 4) is 11.1 Å². The van der Waals surface area contributed by atoms with E-state index < -0.39 is 0 Å². The van der Waals surface area contributed by atoms with E-state index in [4.69, 9.17) is 0 Å². The van der Waals surface area contributed by atoms with Crippen LogP contribution in [0.4, 0.5) is 0 Å². The minimum absolute atomic E-state index is 0.899. The van der Waals surface area contributed by atoms with Crippen molar-refractivity contribution in [3.05, 3.63) is 65.1 Å². The van der Waals surface area contributed by atoms with E-state index in [0.717, 1.165) is 26.1 Å². The second kappa shape index (κ2) is 7.20. The summed E-state index contributed by atoms with van der Waals surface area (Å²) in [6.45, 7) is 2.86. The molecule has 0 bridgehead atoms. The van der Waals surface area contributed by atoms with E-state index in [9.17, 15) is 0 Å². The molecule has 0 atom stereocenters. The Morgan fingerprint density at radius 1 is 1.05 bits per heavy atom. The largest absolute Gasteiger partial charge is 0.315 e. The van der Waals surface area contributed by atoms with Gasteiger partial charge in [-0.25, -0.2) is 0 Å². The van der Waals surface area contributed by atoms with Crippen LogP contribution in [0.1, 0.15) is 5.56 Å². The van der Waals surface area contributed by atoms with Crippen LogP contribution in [-0.4, -0.2) is 22.9 Å². The first-order valence-corrected chi connectivity index (χ1v) is 8.16. The second-order valence-electron chi connectivity index (χ2n) is 4.99. The first kappa shape index (κ1) is 14.0. The van der Waals surface area contributed by atoms with Gasteiger partial charge >= 0.3 is 0 Å². The predicted molar refractivity (Wildman–Crippen MR) is 88.6 cm³/mol. The van der Waals surface area contributed by atoms with Crippen molar-refractivity contribution in [1.82, 2.24) is 15.1 Å². The van der Waals surface area contributed by atoms with Crippen LogP contribution in [0.25, 0.3) is 11.1 Å². The molecule has 3 aromatic rings. The molecule has 3 nitrogen and oxygen atoms in total. The van der Waals surface area contributed by atoms with Crippen molar-refractivity contribution in [2.24, 2.45) is 0 Å². The third kappa shape index (κ3) is 4.03. The van der Waals surface area contributed by atoms with Gasteiger partial charge < -0.3 is 5.32 Å². The van der Waals surface area contributed by atoms with Gasteiger partial charge in [-0.1, -0.05) is 30.3 Å². The molecule has 3 rings (SSSR count). The van der Waals surface area contributed by atoms with Gasteiger partial charge in [-0.15, -0.1) is 0 Å². The zero-order chi connectivity index (χ0) is 14.3. The maximum absolute atomic E-state index is 4.42. The lowest BCUT2D eigenvalue weighted by atomic mass is 10.1. The van der Waals surface area contributed by atoms with Crippen molar-refractivity contribution in [1.29, 1.82) is 0 Å². The summed E-state index contributed by atoms with van der Waals surface area (Å²) >= 11 is 1.76. The third-order valence-electron chi connectivity index (χ3n) is 3.43. The molecule has 0 saturated heterocycles. The monoisotopic (exact) mass is 297 g/mol. The number of nitrogens with zero attached hydrogens (tertiary/aromatic N) is 2. The zero-order valence-electron chi connectivity index (χ0n) is 11.9. The highest BCUT2D eigenvalue weighted by atomic mass is 32.1. The molecule has 0 amide bonds. The van der Waals surface area contributed by atoms with Gasteiger partial charge in [0.15, 0.2) is 0 Å². The highest BCUT2D eigenvalue weighted by Crippen LogP contribution is 2.17. The molecular weight excluding hydrogens is 278 g/mol. The molecule has 108 valence electrons. The van der Waals surface area contributed by atoms with Crippen LogP contribution in [0.5, 0.6) is 0 Å². The van der Waals surface area contributed by atoms with Crippen LogP contribution in [0.3, 0.4) is 0 Å². The number of rotatable bonds is 7. The quantitative estimate of drug-likeness (QED) is 0.677. The normalized spacial score (nSPS) is 10.9. The Morgan fingerprint density at radius 2 is 1.95 bits per heavy atom. The van der Waals surface area contributed by atoms with Crippen molar-refractivity contribution < 1.29 is 0 Å². The average molecular weight is 297 g/mol. The van der Waals surface area contributed by atoms with E-state index in [1.165, 1.54) is 16.7 Å². The maximum atomic E-state index is 4.42. The highest BCUT2D eigenvalue weighted by Gasteiger charge is 2.00. The minimum atomic E-state index is 0.899. The number of benzene rings is 1. The summed E-state index contributed by atoms with van der Waals surface area (Å²) in [5, 5.41) is 12.2. The Labute approximate surface area is 129 Å². The molecule has 0 radical (unpaired) electrons. The fourth-order valence-electron chi connectivity index (χ4n) is 2.25. The summed E-state index contributed by atoms with van der Waals surface area (Å²) in [5.41, 5.74) is 3.81. The molecule has 0 aliphatic heterocycles. The number of nitrogens with one attached hydrogen (secondary N) is 1. The molecule has 1 N–H and O–H groups in total. The van der Waals surface area contributed by atoms with Gasteiger partial charge in [0.05, 0.1) is 12.7 Å². The summed E-state index contributed by atoms with van der Waals surface area (Å²) < 4.78 is 2.00. The van der Waals surface area contributed by atoms with Crippen LogP contribution >= 0.6 is 11.3 Å². The van der Waals surface area contributed by atoms with E-state index >= 15 is 0 Å². The Bertz CT molecular complexity index is 644. The molecule has 1 aromatic carbocycles. The van der Waals surface area contributed by atoms with Crippen LogP contribution in [0, 0.1) is 0 Å². The van der Waals surface area contributed by atoms with E-state index in [1.54, 1.807) is 11.3 Å². The molecule has 0 unspecified atom stereocenters. The molecule has 2 heterocycles. The second-order valence-corrected chi connectivity index (χ2v) is 5.77. The number of thiophene rings is 1. The van der Waals surface area contributed by atoms with Gasteiger partial charge in [0.1, 0.15) is 0 Å². The summed E-state index contributed by atoms with van der Waals surface area (Å²) in [5.74, 6) is 0. The number of hydrogen-bond donors (Lipinski definition) is 1. The van der Waals surface area contributed by atoms with E-state index in [-0.39, 0.29) is 0 Å². The van der Waals surface area contributed by atoms with Gasteiger partial charge in [0, 0.05) is 18.3 Å². The molecule has 0 fully saturated rings. The lowest BCUT2D eigenvalue weighted by Gasteiger charge is -2.04. The van der Waals surface area contributed by atoms with E-state index in [0.29, 0.717) is 0 Å². The lowest BCUT2D eigenvalue weighted by Crippen LogP contribution is -2.22. The highest BCUT2D eigenvalue weighted by molar-refractivity contribution is 7.07. The molecule has 0 aliphatic rings. The lowest BCUT2D eigenvalue weighted by molar-refractivity contribution is 0.556. The van der Waals surface area contributed by atoms with Gasteiger partial charge in [0.25, 0.3) is 0 Å². The van der Waals surface area contributed by atoms with Gasteiger partial charge in [0.2, 0.25) is 0 Å². The first-order chi connectivity index (χ1) is 10.4. The topological polar surface area (TPSA) is 29.9 Å². The van der Waals surface area contributed by atoms with Crippen LogP contribution < -0.4 is 5.32 Å². The molecule has 21 heavy (non-hydrogen) atoms. The summed E-state index contributed by atoms with van der Waals surface area (Å²) in [4.78, 5) is 0. The van der Waals surface area contributed by atoms with Gasteiger partial charge in [-0.2, -0.15) is 16.4 Å². The zero-order valence-corrected chi connectivity index (χ0v) is 12.7. The van der Waals surface area contributed by atoms with Crippen LogP contribution in [-0.2, 0) is 13.0 Å². The Kier molecular flexibility index (Phi) is 4.82. The molecule has 0 saturated carbocycles. The first-order valence-electron chi connectivity index (χ1n) is 7.21. The van der Waals surface area contributed by atoms with Crippen molar-refractivity contribution >= 4 is 11.3 Å². The molecule has 0 aliphatic carbocycles. The fraction of sp³-hybridized carbons (Fsp3) is 0.235. The predicted octanol–water partition coefficient (Wildman–Crippen LogP) is 3.44. The Morgan fingerprint density at radius 3 is 2.76 bits per heavy atom. The summed E-state index contributed by atoms with van der Waals surface area (Å²) in [6.07, 6.45) is 5.13. The van der Waals surface area contributed by atoms with Crippen molar-refractivity contribution in [2.45, 2.75) is 13.0 Å². The van der Waals surface area contributed by atoms with Crippen molar-refractivity contribution in [2.75, 3.05) is 13.1 Å². The standard InChI is InChI=1S/C17H19N3S/c1-2-4-16(5-3-1)17-12-19-20(13-17)10-9-18-8-6-15-7-11-21-14-15/h1-5,7,11-14,18H,6,8-10H2. The maximum Gasteiger partial charge on any atom is 0.0568 e. The number of aromatic nitrogens is 2. The van der Waals surface area contributed by atoms with Gasteiger partial charge in [-0.05, 0) is 40.9 Å². The minimum Gasteiger partial charge on any atom is -0.315 e. The SMILES string of the molecule is c1ccc(-c2cnn(CCNCCc3ccsc3)c2)cc1. The summed E-state index contributed by atoms with van der Waals surface area (Å²) in [6, 6.07) is 12.6. The smallest absolute Gasteiger partial charge is 0.0568 e. The van der Waals surface area contributed by atoms with Gasteiger partial charge in [-0.3, -0.25) is 4.68 Å². The fourth-order valence-corrected chi connectivity index (χ4v) is 2.95. The summed E-state index contributed by atoms with van der Waals surface area (Å²) in [7, 11) is 0. The molecule has 0 spiro atoms.